The fourth-order valence-corrected chi connectivity index (χ4v) is 3.91. The van der Waals surface area contributed by atoms with Crippen LogP contribution < -0.4 is 5.32 Å². The number of hydrogen-bond acceptors (Lipinski definition) is 5. The van der Waals surface area contributed by atoms with Gasteiger partial charge in [0.1, 0.15) is 5.56 Å². The van der Waals surface area contributed by atoms with Gasteiger partial charge in [0.15, 0.2) is 5.65 Å². The molecule has 3 aromatic heterocycles. The highest BCUT2D eigenvalue weighted by Crippen LogP contribution is 2.23. The number of amides is 1. The lowest BCUT2D eigenvalue weighted by molar-refractivity contribution is 0.102. The van der Waals surface area contributed by atoms with E-state index in [0.717, 1.165) is 28.7 Å². The van der Waals surface area contributed by atoms with Gasteiger partial charge in [0.2, 0.25) is 5.95 Å². The standard InChI is InChI=1S/C25H24N6O2/c1-2-33-16-8-15-30-22-12-7-6-11-20(22)28-25(30)29-24(32)19-17-27-31-21(13-14-26-23(19)31)18-9-4-3-5-10-18/h3-7,9-14,17H,2,8,15-16H2,1H3,(H,28,29,32). The first-order chi connectivity index (χ1) is 16.3. The number of aromatic nitrogens is 5. The van der Waals surface area contributed by atoms with Gasteiger partial charge in [-0.25, -0.2) is 14.5 Å². The normalized spacial score (nSPS) is 11.3. The van der Waals surface area contributed by atoms with Crippen LogP contribution in [-0.4, -0.2) is 43.3 Å². The molecule has 2 aromatic carbocycles. The summed E-state index contributed by atoms with van der Waals surface area (Å²) in [6.07, 6.45) is 4.06. The molecule has 0 bridgehead atoms. The van der Waals surface area contributed by atoms with E-state index in [0.29, 0.717) is 36.9 Å². The summed E-state index contributed by atoms with van der Waals surface area (Å²) in [6, 6.07) is 19.6. The third kappa shape index (κ3) is 4.08. The second-order valence-corrected chi connectivity index (χ2v) is 7.57. The summed E-state index contributed by atoms with van der Waals surface area (Å²) in [5.74, 6) is 0.195. The highest BCUT2D eigenvalue weighted by Gasteiger charge is 2.19. The number of nitrogens with zero attached hydrogens (tertiary/aromatic N) is 5. The Hall–Kier alpha value is -4.04. The van der Waals surface area contributed by atoms with Crippen molar-refractivity contribution in [2.24, 2.45) is 0 Å². The highest BCUT2D eigenvalue weighted by molar-refractivity contribution is 6.08. The zero-order chi connectivity index (χ0) is 22.6. The Bertz CT molecular complexity index is 1410. The summed E-state index contributed by atoms with van der Waals surface area (Å²) in [5.41, 5.74) is 4.54. The van der Waals surface area contributed by atoms with E-state index in [1.54, 1.807) is 16.9 Å². The van der Waals surface area contributed by atoms with Gasteiger partial charge >= 0.3 is 0 Å². The average Bonchev–Trinajstić information content (AvgIpc) is 3.44. The van der Waals surface area contributed by atoms with Crippen molar-refractivity contribution in [1.29, 1.82) is 0 Å². The lowest BCUT2D eigenvalue weighted by Crippen LogP contribution is -2.16. The van der Waals surface area contributed by atoms with Gasteiger partial charge in [-0.05, 0) is 31.5 Å². The average molecular weight is 441 g/mol. The maximum absolute atomic E-state index is 13.3. The van der Waals surface area contributed by atoms with Gasteiger partial charge in [-0.2, -0.15) is 5.10 Å². The molecule has 0 atom stereocenters. The molecule has 3 heterocycles. The molecule has 1 N–H and O–H groups in total. The first-order valence-electron chi connectivity index (χ1n) is 11.0. The first kappa shape index (κ1) is 20.8. The van der Waals surface area contributed by atoms with Gasteiger partial charge in [-0.1, -0.05) is 42.5 Å². The molecule has 166 valence electrons. The molecule has 1 amide bonds. The van der Waals surface area contributed by atoms with Crippen LogP contribution in [0.4, 0.5) is 5.95 Å². The Morgan fingerprint density at radius 3 is 2.73 bits per heavy atom. The van der Waals surface area contributed by atoms with Crippen molar-refractivity contribution in [2.75, 3.05) is 18.5 Å². The van der Waals surface area contributed by atoms with Crippen LogP contribution in [0, 0.1) is 0 Å². The van der Waals surface area contributed by atoms with Crippen LogP contribution in [0.15, 0.2) is 73.1 Å². The smallest absolute Gasteiger partial charge is 0.263 e. The predicted molar refractivity (Wildman–Crippen MR) is 127 cm³/mol. The topological polar surface area (TPSA) is 86.3 Å². The molecule has 0 radical (unpaired) electrons. The van der Waals surface area contributed by atoms with E-state index >= 15 is 0 Å². The highest BCUT2D eigenvalue weighted by atomic mass is 16.5. The molecule has 0 saturated carbocycles. The maximum Gasteiger partial charge on any atom is 0.263 e. The van der Waals surface area contributed by atoms with Crippen LogP contribution in [0.1, 0.15) is 23.7 Å². The fraction of sp³-hybridized carbons (Fsp3) is 0.200. The summed E-state index contributed by atoms with van der Waals surface area (Å²) in [4.78, 5) is 22.3. The number of carbonyl (C=O) groups excluding carboxylic acids is 1. The number of hydrogen-bond donors (Lipinski definition) is 1. The zero-order valence-corrected chi connectivity index (χ0v) is 18.3. The summed E-state index contributed by atoms with van der Waals surface area (Å²) >= 11 is 0. The summed E-state index contributed by atoms with van der Waals surface area (Å²) in [6.45, 7) is 3.99. The monoisotopic (exact) mass is 440 g/mol. The number of imidazole rings is 1. The van der Waals surface area contributed by atoms with Crippen molar-refractivity contribution in [3.05, 3.63) is 78.6 Å². The molecular weight excluding hydrogens is 416 g/mol. The largest absolute Gasteiger partial charge is 0.382 e. The van der Waals surface area contributed by atoms with E-state index in [1.807, 2.05) is 72.2 Å². The minimum absolute atomic E-state index is 0.302. The van der Waals surface area contributed by atoms with Crippen molar-refractivity contribution in [2.45, 2.75) is 19.9 Å². The molecular formula is C25H24N6O2. The quantitative estimate of drug-likeness (QED) is 0.361. The molecule has 0 fully saturated rings. The molecule has 8 nitrogen and oxygen atoms in total. The summed E-state index contributed by atoms with van der Waals surface area (Å²) < 4.78 is 9.18. The minimum atomic E-state index is -0.302. The number of nitrogens with one attached hydrogen (secondary N) is 1. The van der Waals surface area contributed by atoms with Crippen molar-refractivity contribution < 1.29 is 9.53 Å². The van der Waals surface area contributed by atoms with Crippen LogP contribution in [0.25, 0.3) is 27.9 Å². The lowest BCUT2D eigenvalue weighted by atomic mass is 10.1. The number of aryl methyl sites for hydroxylation is 1. The number of ether oxygens (including phenoxy) is 1. The van der Waals surface area contributed by atoms with E-state index in [9.17, 15) is 4.79 Å². The number of fused-ring (bicyclic) bond motifs is 2. The minimum Gasteiger partial charge on any atom is -0.382 e. The molecule has 8 heteroatoms. The molecule has 0 aliphatic carbocycles. The predicted octanol–water partition coefficient (Wildman–Crippen LogP) is 4.42. The second kappa shape index (κ2) is 9.22. The molecule has 0 aliphatic heterocycles. The van der Waals surface area contributed by atoms with Gasteiger partial charge in [0.05, 0.1) is 22.9 Å². The molecule has 0 saturated heterocycles. The molecule has 0 spiro atoms. The Balaban J connectivity index is 1.47. The Labute approximate surface area is 190 Å². The maximum atomic E-state index is 13.3. The van der Waals surface area contributed by atoms with E-state index < -0.39 is 0 Å². The van der Waals surface area contributed by atoms with Crippen LogP contribution in [0.2, 0.25) is 0 Å². The van der Waals surface area contributed by atoms with E-state index in [-0.39, 0.29) is 5.91 Å². The van der Waals surface area contributed by atoms with Gasteiger partial charge in [-0.15, -0.1) is 0 Å². The van der Waals surface area contributed by atoms with E-state index in [2.05, 4.69) is 20.4 Å². The third-order valence-corrected chi connectivity index (χ3v) is 5.47. The first-order valence-corrected chi connectivity index (χ1v) is 11.0. The molecule has 0 aliphatic rings. The van der Waals surface area contributed by atoms with Gasteiger partial charge < -0.3 is 9.30 Å². The van der Waals surface area contributed by atoms with Gasteiger partial charge in [0.25, 0.3) is 5.91 Å². The zero-order valence-electron chi connectivity index (χ0n) is 18.3. The SMILES string of the molecule is CCOCCCn1c(NC(=O)c2cnn3c(-c4ccccc4)ccnc23)nc2ccccc21. The lowest BCUT2D eigenvalue weighted by Gasteiger charge is -2.10. The van der Waals surface area contributed by atoms with Crippen molar-refractivity contribution in [3.8, 4) is 11.3 Å². The Morgan fingerprint density at radius 1 is 1.06 bits per heavy atom. The number of anilines is 1. The van der Waals surface area contributed by atoms with Gasteiger partial charge in [-0.3, -0.25) is 10.1 Å². The Morgan fingerprint density at radius 2 is 1.88 bits per heavy atom. The number of benzene rings is 2. The van der Waals surface area contributed by atoms with Crippen LogP contribution in [0.3, 0.4) is 0 Å². The van der Waals surface area contributed by atoms with Crippen molar-refractivity contribution in [1.82, 2.24) is 24.1 Å². The molecule has 0 unspecified atom stereocenters. The molecule has 5 rings (SSSR count). The Kier molecular flexibility index (Phi) is 5.82. The number of carbonyl (C=O) groups is 1. The number of rotatable bonds is 8. The molecule has 33 heavy (non-hydrogen) atoms. The third-order valence-electron chi connectivity index (χ3n) is 5.47. The van der Waals surface area contributed by atoms with Crippen LogP contribution >= 0.6 is 0 Å². The van der Waals surface area contributed by atoms with Crippen molar-refractivity contribution >= 4 is 28.5 Å². The van der Waals surface area contributed by atoms with Crippen LogP contribution in [-0.2, 0) is 11.3 Å². The molecule has 5 aromatic rings. The van der Waals surface area contributed by atoms with Gasteiger partial charge in [0, 0.05) is 31.5 Å². The van der Waals surface area contributed by atoms with E-state index in [1.165, 1.54) is 0 Å². The summed E-state index contributed by atoms with van der Waals surface area (Å²) in [7, 11) is 0. The van der Waals surface area contributed by atoms with E-state index in [4.69, 9.17) is 4.74 Å². The second-order valence-electron chi connectivity index (χ2n) is 7.57. The number of para-hydroxylation sites is 2. The fourth-order valence-electron chi connectivity index (χ4n) is 3.91. The van der Waals surface area contributed by atoms with Crippen LogP contribution in [0.5, 0.6) is 0 Å². The van der Waals surface area contributed by atoms with Crippen molar-refractivity contribution in [3.63, 3.8) is 0 Å². The summed E-state index contributed by atoms with van der Waals surface area (Å²) in [5, 5.41) is 7.42.